The maximum atomic E-state index is 12.8. The second kappa shape index (κ2) is 9.10. The zero-order valence-corrected chi connectivity index (χ0v) is 19.0. The molecule has 34 heavy (non-hydrogen) atoms. The molecule has 2 fully saturated rings. The fraction of sp³-hybridized carbons (Fsp3) is 0.423. The number of carboxylic acid groups (broad SMARTS) is 1. The molecule has 178 valence electrons. The molecular weight excluding hydrogens is 436 g/mol. The Bertz CT molecular complexity index is 1070. The predicted octanol–water partition coefficient (Wildman–Crippen LogP) is 2.72. The van der Waals surface area contributed by atoms with Crippen molar-refractivity contribution in [1.82, 2.24) is 10.2 Å². The fourth-order valence-electron chi connectivity index (χ4n) is 5.23. The largest absolute Gasteiger partial charge is 0.481 e. The molecule has 1 saturated carbocycles. The van der Waals surface area contributed by atoms with Gasteiger partial charge in [-0.05, 0) is 34.6 Å². The van der Waals surface area contributed by atoms with E-state index in [9.17, 15) is 19.5 Å². The van der Waals surface area contributed by atoms with Crippen LogP contribution in [0.1, 0.15) is 23.5 Å². The van der Waals surface area contributed by atoms with Gasteiger partial charge in [0.1, 0.15) is 12.5 Å². The van der Waals surface area contributed by atoms with Crippen LogP contribution in [0.2, 0.25) is 0 Å². The van der Waals surface area contributed by atoms with Crippen molar-refractivity contribution >= 4 is 18.0 Å². The fourth-order valence-corrected chi connectivity index (χ4v) is 5.23. The van der Waals surface area contributed by atoms with E-state index < -0.39 is 24.0 Å². The number of carbonyl (C=O) groups excluding carboxylic acids is 2. The molecule has 0 bridgehead atoms. The van der Waals surface area contributed by atoms with Crippen LogP contribution in [0.4, 0.5) is 4.79 Å². The zero-order valence-electron chi connectivity index (χ0n) is 19.0. The SMILES string of the molecule is CN(C(=O)C1CC1CNC(=O)OCC1c2ccccc2-c2ccccc21)C1COCC1C(=O)O. The molecule has 3 aliphatic rings. The third kappa shape index (κ3) is 4.14. The number of hydrogen-bond donors (Lipinski definition) is 2. The third-order valence-corrected chi connectivity index (χ3v) is 7.30. The van der Waals surface area contributed by atoms with Crippen LogP contribution in [-0.4, -0.2) is 67.4 Å². The van der Waals surface area contributed by atoms with Crippen LogP contribution in [-0.2, 0) is 19.1 Å². The molecule has 4 atom stereocenters. The quantitative estimate of drug-likeness (QED) is 0.653. The van der Waals surface area contributed by atoms with Crippen LogP contribution < -0.4 is 5.32 Å². The van der Waals surface area contributed by atoms with Crippen LogP contribution in [0.15, 0.2) is 48.5 Å². The van der Waals surface area contributed by atoms with Crippen molar-refractivity contribution in [1.29, 1.82) is 0 Å². The lowest BCUT2D eigenvalue weighted by Gasteiger charge is -2.26. The number of amides is 2. The highest BCUT2D eigenvalue weighted by molar-refractivity contribution is 5.83. The number of nitrogens with zero attached hydrogens (tertiary/aromatic N) is 1. The van der Waals surface area contributed by atoms with E-state index in [1.165, 1.54) is 16.0 Å². The van der Waals surface area contributed by atoms with Crippen LogP contribution in [0.25, 0.3) is 11.1 Å². The molecule has 5 rings (SSSR count). The number of benzene rings is 2. The summed E-state index contributed by atoms with van der Waals surface area (Å²) in [5.74, 6) is -1.94. The van der Waals surface area contributed by atoms with E-state index in [4.69, 9.17) is 9.47 Å². The summed E-state index contributed by atoms with van der Waals surface area (Å²) < 4.78 is 10.8. The normalized spacial score (nSPS) is 24.7. The van der Waals surface area contributed by atoms with Crippen molar-refractivity contribution in [3.05, 3.63) is 59.7 Å². The number of nitrogens with one attached hydrogen (secondary N) is 1. The van der Waals surface area contributed by atoms with Crippen molar-refractivity contribution in [3.8, 4) is 11.1 Å². The van der Waals surface area contributed by atoms with Crippen molar-refractivity contribution in [2.24, 2.45) is 17.8 Å². The molecule has 1 saturated heterocycles. The first-order valence-corrected chi connectivity index (χ1v) is 11.6. The summed E-state index contributed by atoms with van der Waals surface area (Å²) in [5.41, 5.74) is 4.66. The average molecular weight is 465 g/mol. The van der Waals surface area contributed by atoms with Crippen molar-refractivity contribution < 1.29 is 29.0 Å². The van der Waals surface area contributed by atoms with Crippen molar-refractivity contribution in [2.75, 3.05) is 33.4 Å². The first kappa shape index (κ1) is 22.4. The Morgan fingerprint density at radius 2 is 1.68 bits per heavy atom. The monoisotopic (exact) mass is 464 g/mol. The summed E-state index contributed by atoms with van der Waals surface area (Å²) in [7, 11) is 1.63. The Labute approximate surface area is 197 Å². The van der Waals surface area contributed by atoms with Crippen LogP contribution in [0.3, 0.4) is 0 Å². The van der Waals surface area contributed by atoms with Gasteiger partial charge in [0.25, 0.3) is 0 Å². The van der Waals surface area contributed by atoms with E-state index in [0.29, 0.717) is 13.0 Å². The number of aliphatic carboxylic acids is 1. The number of alkyl carbamates (subject to hydrolysis) is 1. The van der Waals surface area contributed by atoms with Crippen LogP contribution in [0, 0.1) is 17.8 Å². The van der Waals surface area contributed by atoms with Gasteiger partial charge in [-0.25, -0.2) is 4.79 Å². The number of carbonyl (C=O) groups is 3. The van der Waals surface area contributed by atoms with Gasteiger partial charge in [-0.1, -0.05) is 48.5 Å². The number of fused-ring (bicyclic) bond motifs is 3. The van der Waals surface area contributed by atoms with Gasteiger partial charge in [0.15, 0.2) is 0 Å². The molecule has 2 aromatic carbocycles. The zero-order chi connectivity index (χ0) is 23.8. The van der Waals surface area contributed by atoms with Gasteiger partial charge in [0, 0.05) is 25.4 Å². The number of likely N-dealkylation sites (N-methyl/N-ethyl adjacent to an activating group) is 1. The molecule has 0 aromatic heterocycles. The number of hydrogen-bond acceptors (Lipinski definition) is 5. The second-order valence-corrected chi connectivity index (χ2v) is 9.31. The number of carboxylic acids is 1. The van der Waals surface area contributed by atoms with E-state index in [-0.39, 0.29) is 43.5 Å². The first-order chi connectivity index (χ1) is 16.5. The topological polar surface area (TPSA) is 105 Å². The molecule has 8 nitrogen and oxygen atoms in total. The molecule has 2 aliphatic carbocycles. The summed E-state index contributed by atoms with van der Waals surface area (Å²) >= 11 is 0. The minimum Gasteiger partial charge on any atom is -0.481 e. The number of rotatable bonds is 7. The van der Waals surface area contributed by atoms with Gasteiger partial charge >= 0.3 is 12.1 Å². The lowest BCUT2D eigenvalue weighted by Crippen LogP contribution is -2.45. The third-order valence-electron chi connectivity index (χ3n) is 7.30. The van der Waals surface area contributed by atoms with E-state index in [1.54, 1.807) is 7.05 Å². The summed E-state index contributed by atoms with van der Waals surface area (Å²) in [6, 6.07) is 15.9. The summed E-state index contributed by atoms with van der Waals surface area (Å²) in [6.45, 7) is 0.946. The predicted molar refractivity (Wildman–Crippen MR) is 123 cm³/mol. The number of ether oxygens (including phenoxy) is 2. The first-order valence-electron chi connectivity index (χ1n) is 11.6. The average Bonchev–Trinajstić information content (AvgIpc) is 3.31. The molecule has 1 aliphatic heterocycles. The molecule has 2 N–H and O–H groups in total. The molecule has 8 heteroatoms. The van der Waals surface area contributed by atoms with E-state index >= 15 is 0 Å². The van der Waals surface area contributed by atoms with Crippen molar-refractivity contribution in [2.45, 2.75) is 18.4 Å². The Hall–Kier alpha value is -3.39. The molecule has 2 aromatic rings. The van der Waals surface area contributed by atoms with Gasteiger partial charge in [0.2, 0.25) is 5.91 Å². The van der Waals surface area contributed by atoms with Crippen molar-refractivity contribution in [3.63, 3.8) is 0 Å². The highest BCUT2D eigenvalue weighted by Gasteiger charge is 2.47. The van der Waals surface area contributed by atoms with Gasteiger partial charge in [0.05, 0.1) is 19.3 Å². The Balaban J connectivity index is 1.11. The lowest BCUT2D eigenvalue weighted by atomic mass is 9.98. The Kier molecular flexibility index (Phi) is 6.00. The van der Waals surface area contributed by atoms with E-state index in [1.807, 2.05) is 24.3 Å². The van der Waals surface area contributed by atoms with Gasteiger partial charge < -0.3 is 24.8 Å². The molecule has 1 heterocycles. The van der Waals surface area contributed by atoms with E-state index in [2.05, 4.69) is 29.6 Å². The Morgan fingerprint density at radius 3 is 2.32 bits per heavy atom. The van der Waals surface area contributed by atoms with E-state index in [0.717, 1.165) is 11.1 Å². The summed E-state index contributed by atoms with van der Waals surface area (Å²) in [4.78, 5) is 38.0. The minimum absolute atomic E-state index is 0.00198. The molecule has 2 amide bonds. The smallest absolute Gasteiger partial charge is 0.407 e. The highest BCUT2D eigenvalue weighted by atomic mass is 16.5. The summed E-state index contributed by atoms with van der Waals surface area (Å²) in [6.07, 6.45) is 0.168. The molecule has 4 unspecified atom stereocenters. The molecule has 0 spiro atoms. The molecule has 0 radical (unpaired) electrons. The van der Waals surface area contributed by atoms with Gasteiger partial charge in [-0.2, -0.15) is 0 Å². The van der Waals surface area contributed by atoms with Crippen LogP contribution in [0.5, 0.6) is 0 Å². The highest BCUT2D eigenvalue weighted by Crippen LogP contribution is 2.44. The molecular formula is C26H28N2O6. The lowest BCUT2D eigenvalue weighted by molar-refractivity contribution is -0.144. The second-order valence-electron chi connectivity index (χ2n) is 9.31. The maximum Gasteiger partial charge on any atom is 0.407 e. The summed E-state index contributed by atoms with van der Waals surface area (Å²) in [5, 5.41) is 12.1. The van der Waals surface area contributed by atoms with Crippen LogP contribution >= 0.6 is 0 Å². The van der Waals surface area contributed by atoms with Gasteiger partial charge in [-0.15, -0.1) is 0 Å². The minimum atomic E-state index is -0.952. The maximum absolute atomic E-state index is 12.8. The Morgan fingerprint density at radius 1 is 1.03 bits per heavy atom. The van der Waals surface area contributed by atoms with Gasteiger partial charge in [-0.3, -0.25) is 9.59 Å². The standard InChI is InChI=1S/C26H28N2O6/c1-28(23-14-33-12-22(23)25(30)31)24(29)20-10-15(20)11-27-26(32)34-13-21-18-8-4-2-6-16(18)17-7-3-5-9-19(17)21/h2-9,15,20-23H,10-14H2,1H3,(H,27,32)(H,30,31).